The van der Waals surface area contributed by atoms with E-state index in [1.807, 2.05) is 11.9 Å². The number of piperidine rings is 1. The van der Waals surface area contributed by atoms with Crippen LogP contribution < -0.4 is 5.73 Å². The van der Waals surface area contributed by atoms with Crippen LogP contribution in [0.25, 0.3) is 0 Å². The van der Waals surface area contributed by atoms with Gasteiger partial charge in [-0.2, -0.15) is 0 Å². The van der Waals surface area contributed by atoms with Crippen molar-refractivity contribution in [3.05, 3.63) is 35.4 Å². The third kappa shape index (κ3) is 2.08. The van der Waals surface area contributed by atoms with Crippen molar-refractivity contribution in [2.75, 3.05) is 20.1 Å². The van der Waals surface area contributed by atoms with Crippen LogP contribution in [0.4, 0.5) is 8.78 Å². The molecule has 4 heteroatoms. The van der Waals surface area contributed by atoms with Gasteiger partial charge in [0.05, 0.1) is 5.54 Å². The van der Waals surface area contributed by atoms with Gasteiger partial charge in [0, 0.05) is 12.1 Å². The first-order valence-corrected chi connectivity index (χ1v) is 5.44. The van der Waals surface area contributed by atoms with Gasteiger partial charge in [0.2, 0.25) is 0 Å². The number of nitrogens with zero attached hydrogens (tertiary/aromatic N) is 1. The molecule has 16 heavy (non-hydrogen) atoms. The molecule has 0 spiro atoms. The quantitative estimate of drug-likeness (QED) is 0.791. The fourth-order valence-electron chi connectivity index (χ4n) is 2.40. The highest BCUT2D eigenvalue weighted by molar-refractivity contribution is 5.27. The second-order valence-electron chi connectivity index (χ2n) is 4.62. The molecule has 2 N–H and O–H groups in total. The standard InChI is InChI=1S/C12H16F2N2/c1-16-6-2-5-12(15,8-16)10-7-9(13)3-4-11(10)14/h3-4,7H,2,5-6,8,15H2,1H3. The van der Waals surface area contributed by atoms with Crippen LogP contribution >= 0.6 is 0 Å². The normalized spacial score (nSPS) is 27.0. The summed E-state index contributed by atoms with van der Waals surface area (Å²) in [6.07, 6.45) is 1.60. The van der Waals surface area contributed by atoms with Gasteiger partial charge < -0.3 is 10.6 Å². The Hall–Kier alpha value is -1.00. The second-order valence-corrected chi connectivity index (χ2v) is 4.62. The maximum Gasteiger partial charge on any atom is 0.128 e. The molecule has 0 aliphatic carbocycles. The molecule has 2 rings (SSSR count). The number of rotatable bonds is 1. The third-order valence-corrected chi connectivity index (χ3v) is 3.18. The summed E-state index contributed by atoms with van der Waals surface area (Å²) in [6, 6.07) is 3.48. The van der Waals surface area contributed by atoms with E-state index in [1.54, 1.807) is 0 Å². The molecule has 1 aromatic rings. The monoisotopic (exact) mass is 226 g/mol. The van der Waals surface area contributed by atoms with Gasteiger partial charge in [-0.25, -0.2) is 8.78 Å². The van der Waals surface area contributed by atoms with Gasteiger partial charge in [0.25, 0.3) is 0 Å². The summed E-state index contributed by atoms with van der Waals surface area (Å²) in [6.45, 7) is 1.52. The van der Waals surface area contributed by atoms with Gasteiger partial charge in [-0.05, 0) is 44.6 Å². The molecule has 0 amide bonds. The summed E-state index contributed by atoms with van der Waals surface area (Å²) in [7, 11) is 1.94. The predicted molar refractivity (Wildman–Crippen MR) is 59.0 cm³/mol. The summed E-state index contributed by atoms with van der Waals surface area (Å²) in [5.41, 5.74) is 5.72. The number of halogens is 2. The Morgan fingerprint density at radius 2 is 2.12 bits per heavy atom. The topological polar surface area (TPSA) is 29.3 Å². The molecule has 1 unspecified atom stereocenters. The lowest BCUT2D eigenvalue weighted by Crippen LogP contribution is -2.51. The first-order chi connectivity index (χ1) is 7.51. The molecule has 1 aromatic carbocycles. The van der Waals surface area contributed by atoms with Gasteiger partial charge in [0.15, 0.2) is 0 Å². The smallest absolute Gasteiger partial charge is 0.128 e. The van der Waals surface area contributed by atoms with E-state index in [4.69, 9.17) is 5.73 Å². The molecule has 0 saturated carbocycles. The van der Waals surface area contributed by atoms with E-state index in [0.29, 0.717) is 18.5 Å². The van der Waals surface area contributed by atoms with Crippen LogP contribution in [-0.2, 0) is 5.54 Å². The van der Waals surface area contributed by atoms with E-state index < -0.39 is 17.2 Å². The average molecular weight is 226 g/mol. The lowest BCUT2D eigenvalue weighted by molar-refractivity contribution is 0.175. The van der Waals surface area contributed by atoms with Gasteiger partial charge in [-0.3, -0.25) is 0 Å². The minimum atomic E-state index is -0.765. The highest BCUT2D eigenvalue weighted by atomic mass is 19.1. The Morgan fingerprint density at radius 1 is 1.38 bits per heavy atom. The number of likely N-dealkylation sites (N-methyl/N-ethyl adjacent to an activating group) is 1. The van der Waals surface area contributed by atoms with E-state index in [1.165, 1.54) is 6.07 Å². The van der Waals surface area contributed by atoms with Crippen LogP contribution in [-0.4, -0.2) is 25.0 Å². The summed E-state index contributed by atoms with van der Waals surface area (Å²) in [4.78, 5) is 2.05. The Kier molecular flexibility index (Phi) is 2.95. The van der Waals surface area contributed by atoms with Crippen molar-refractivity contribution in [2.45, 2.75) is 18.4 Å². The largest absolute Gasteiger partial charge is 0.320 e. The summed E-state index contributed by atoms with van der Waals surface area (Å²) < 4.78 is 26.8. The molecule has 1 aliphatic rings. The molecule has 88 valence electrons. The number of hydrogen-bond donors (Lipinski definition) is 1. The molecule has 0 aromatic heterocycles. The van der Waals surface area contributed by atoms with Crippen LogP contribution in [0.5, 0.6) is 0 Å². The summed E-state index contributed by atoms with van der Waals surface area (Å²) in [5, 5.41) is 0. The number of nitrogens with two attached hydrogens (primary N) is 1. The fraction of sp³-hybridized carbons (Fsp3) is 0.500. The number of likely N-dealkylation sites (tertiary alicyclic amines) is 1. The Morgan fingerprint density at radius 3 is 2.81 bits per heavy atom. The van der Waals surface area contributed by atoms with Crippen molar-refractivity contribution in [2.24, 2.45) is 5.73 Å². The third-order valence-electron chi connectivity index (χ3n) is 3.18. The van der Waals surface area contributed by atoms with Gasteiger partial charge in [-0.1, -0.05) is 0 Å². The van der Waals surface area contributed by atoms with E-state index in [2.05, 4.69) is 0 Å². The molecule has 0 radical (unpaired) electrons. The molecule has 1 fully saturated rings. The van der Waals surface area contributed by atoms with Crippen LogP contribution in [0.1, 0.15) is 18.4 Å². The Labute approximate surface area is 94.0 Å². The zero-order chi connectivity index (χ0) is 11.8. The second kappa shape index (κ2) is 4.11. The molecule has 1 atom stereocenters. The lowest BCUT2D eigenvalue weighted by Gasteiger charge is -2.39. The molecule has 1 aliphatic heterocycles. The summed E-state index contributed by atoms with van der Waals surface area (Å²) >= 11 is 0. The average Bonchev–Trinajstić information content (AvgIpc) is 2.21. The highest BCUT2D eigenvalue weighted by Crippen LogP contribution is 2.30. The van der Waals surface area contributed by atoms with E-state index in [0.717, 1.165) is 25.1 Å². The highest BCUT2D eigenvalue weighted by Gasteiger charge is 2.34. The zero-order valence-electron chi connectivity index (χ0n) is 9.34. The Balaban J connectivity index is 2.37. The van der Waals surface area contributed by atoms with Crippen LogP contribution in [0.2, 0.25) is 0 Å². The van der Waals surface area contributed by atoms with Crippen molar-refractivity contribution in [3.63, 3.8) is 0 Å². The van der Waals surface area contributed by atoms with Crippen molar-refractivity contribution in [1.82, 2.24) is 4.90 Å². The SMILES string of the molecule is CN1CCCC(N)(c2cc(F)ccc2F)C1. The number of hydrogen-bond acceptors (Lipinski definition) is 2. The Bertz CT molecular complexity index is 395. The molecule has 1 saturated heterocycles. The first kappa shape index (κ1) is 11.5. The molecular formula is C12H16F2N2. The molecule has 0 bridgehead atoms. The van der Waals surface area contributed by atoms with E-state index in [-0.39, 0.29) is 0 Å². The minimum Gasteiger partial charge on any atom is -0.320 e. The molecule has 1 heterocycles. The molecular weight excluding hydrogens is 210 g/mol. The predicted octanol–water partition coefficient (Wildman–Crippen LogP) is 1.84. The van der Waals surface area contributed by atoms with E-state index in [9.17, 15) is 8.78 Å². The van der Waals surface area contributed by atoms with Gasteiger partial charge in [0.1, 0.15) is 11.6 Å². The van der Waals surface area contributed by atoms with Crippen molar-refractivity contribution < 1.29 is 8.78 Å². The van der Waals surface area contributed by atoms with Crippen molar-refractivity contribution in [3.8, 4) is 0 Å². The van der Waals surface area contributed by atoms with Crippen LogP contribution in [0, 0.1) is 11.6 Å². The van der Waals surface area contributed by atoms with E-state index >= 15 is 0 Å². The van der Waals surface area contributed by atoms with Crippen LogP contribution in [0.15, 0.2) is 18.2 Å². The maximum absolute atomic E-state index is 13.7. The van der Waals surface area contributed by atoms with Gasteiger partial charge in [-0.15, -0.1) is 0 Å². The minimum absolute atomic E-state index is 0.291. The van der Waals surface area contributed by atoms with Gasteiger partial charge >= 0.3 is 0 Å². The number of benzene rings is 1. The lowest BCUT2D eigenvalue weighted by atomic mass is 9.83. The summed E-state index contributed by atoms with van der Waals surface area (Å²) in [5.74, 6) is -0.853. The van der Waals surface area contributed by atoms with Crippen LogP contribution in [0.3, 0.4) is 0 Å². The zero-order valence-corrected chi connectivity index (χ0v) is 9.34. The van der Waals surface area contributed by atoms with Crippen molar-refractivity contribution in [1.29, 1.82) is 0 Å². The first-order valence-electron chi connectivity index (χ1n) is 5.44. The fourth-order valence-corrected chi connectivity index (χ4v) is 2.40. The molecule has 2 nitrogen and oxygen atoms in total. The van der Waals surface area contributed by atoms with Crippen molar-refractivity contribution >= 4 is 0 Å². The maximum atomic E-state index is 13.7.